The van der Waals surface area contributed by atoms with Gasteiger partial charge in [0.25, 0.3) is 5.56 Å². The van der Waals surface area contributed by atoms with E-state index in [1.54, 1.807) is 10.8 Å². The number of nitrogens with zero attached hydrogens (tertiary/aromatic N) is 4. The highest BCUT2D eigenvalue weighted by Gasteiger charge is 2.34. The Morgan fingerprint density at radius 1 is 1.03 bits per heavy atom. The van der Waals surface area contributed by atoms with Gasteiger partial charge in [0.1, 0.15) is 12.4 Å². The van der Waals surface area contributed by atoms with Crippen molar-refractivity contribution in [3.63, 3.8) is 0 Å². The van der Waals surface area contributed by atoms with Crippen LogP contribution in [0.25, 0.3) is 16.6 Å². The molecule has 1 fully saturated rings. The van der Waals surface area contributed by atoms with Crippen LogP contribution >= 0.6 is 0 Å². The second kappa shape index (κ2) is 9.56. The van der Waals surface area contributed by atoms with Crippen molar-refractivity contribution in [3.05, 3.63) is 94.0 Å². The van der Waals surface area contributed by atoms with Crippen LogP contribution in [0.15, 0.2) is 71.7 Å². The highest BCUT2D eigenvalue weighted by molar-refractivity contribution is 5.89. The van der Waals surface area contributed by atoms with Crippen molar-refractivity contribution in [3.8, 4) is 11.4 Å². The third kappa shape index (κ3) is 4.33. The zero-order valence-corrected chi connectivity index (χ0v) is 21.4. The molecule has 0 N–H and O–H groups in total. The van der Waals surface area contributed by atoms with E-state index in [0.717, 1.165) is 54.5 Å². The van der Waals surface area contributed by atoms with Crippen LogP contribution in [0.1, 0.15) is 29.7 Å². The largest absolute Gasteiger partial charge is 0.489 e. The fourth-order valence-corrected chi connectivity index (χ4v) is 5.84. The van der Waals surface area contributed by atoms with E-state index in [1.165, 1.54) is 17.3 Å². The van der Waals surface area contributed by atoms with Crippen LogP contribution in [0.5, 0.6) is 5.75 Å². The molecular weight excluding hydrogens is 464 g/mol. The van der Waals surface area contributed by atoms with Crippen LogP contribution in [0.2, 0.25) is 0 Å². The van der Waals surface area contributed by atoms with E-state index in [4.69, 9.17) is 4.74 Å². The lowest BCUT2D eigenvalue weighted by Crippen LogP contribution is -2.46. The summed E-state index contributed by atoms with van der Waals surface area (Å²) in [6, 6.07) is 19.4. The van der Waals surface area contributed by atoms with Gasteiger partial charge in [-0.2, -0.15) is 0 Å². The van der Waals surface area contributed by atoms with Gasteiger partial charge in [-0.15, -0.1) is 0 Å². The van der Waals surface area contributed by atoms with E-state index in [0.29, 0.717) is 18.9 Å². The lowest BCUT2D eigenvalue weighted by molar-refractivity contribution is -0.136. The molecule has 0 bridgehead atoms. The maximum absolute atomic E-state index is 13.2. The van der Waals surface area contributed by atoms with Crippen molar-refractivity contribution in [2.45, 2.75) is 38.5 Å². The molecule has 190 valence electrons. The van der Waals surface area contributed by atoms with Crippen molar-refractivity contribution >= 4 is 16.8 Å². The number of carbonyl (C=O) groups excluding carboxylic acids is 1. The number of likely N-dealkylation sites (N-methyl/N-ethyl adjacent to an activating group) is 1. The maximum atomic E-state index is 13.2. The number of benzene rings is 2. The van der Waals surface area contributed by atoms with Gasteiger partial charge in [-0.1, -0.05) is 36.4 Å². The first-order valence-corrected chi connectivity index (χ1v) is 13.0. The smallest absolute Gasteiger partial charge is 0.258 e. The van der Waals surface area contributed by atoms with Crippen LogP contribution < -0.4 is 10.3 Å². The Bertz CT molecular complexity index is 1520. The number of pyridine rings is 1. The number of ether oxygens (including phenoxy) is 1. The van der Waals surface area contributed by atoms with Crippen LogP contribution in [-0.4, -0.2) is 51.0 Å². The standard InChI is InChI=1S/C30H32N4O3/c1-31-14-6-9-27(31)30(36)33-15-13-26-25(19-33)24-11-10-22(17-28(24)32(26)2)34-16-12-23(18-29(34)35)37-20-21-7-4-3-5-8-21/h3-5,7-8,10-12,16-18,27H,6,9,13-15,19-20H2,1-2H3/t27-/m0/s1. The number of hydrogen-bond acceptors (Lipinski definition) is 4. The molecule has 4 heterocycles. The third-order valence-corrected chi connectivity index (χ3v) is 7.92. The second-order valence-corrected chi connectivity index (χ2v) is 10.2. The quantitative estimate of drug-likeness (QED) is 0.421. The Morgan fingerprint density at radius 2 is 1.86 bits per heavy atom. The molecule has 7 nitrogen and oxygen atoms in total. The Hall–Kier alpha value is -3.84. The van der Waals surface area contributed by atoms with Crippen molar-refractivity contribution < 1.29 is 9.53 Å². The molecule has 0 aliphatic carbocycles. The number of aromatic nitrogens is 2. The Labute approximate surface area is 216 Å². The molecule has 0 radical (unpaired) electrons. The lowest BCUT2D eigenvalue weighted by Gasteiger charge is -2.32. The van der Waals surface area contributed by atoms with Gasteiger partial charge in [0, 0.05) is 55.5 Å². The molecule has 6 rings (SSSR count). The summed E-state index contributed by atoms with van der Waals surface area (Å²) in [6.07, 6.45) is 4.64. The first-order chi connectivity index (χ1) is 18.0. The van der Waals surface area contributed by atoms with Crippen LogP contribution in [0.3, 0.4) is 0 Å². The molecule has 2 aromatic carbocycles. The highest BCUT2D eigenvalue weighted by Crippen LogP contribution is 2.32. The molecular formula is C30H32N4O3. The molecule has 4 aromatic rings. The van der Waals surface area contributed by atoms with E-state index < -0.39 is 0 Å². The van der Waals surface area contributed by atoms with E-state index in [-0.39, 0.29) is 17.5 Å². The molecule has 1 saturated heterocycles. The minimum absolute atomic E-state index is 0.00893. The van der Waals surface area contributed by atoms with Crippen LogP contribution in [0, 0.1) is 0 Å². The Balaban J connectivity index is 1.25. The molecule has 2 aliphatic rings. The fourth-order valence-electron chi connectivity index (χ4n) is 5.84. The van der Waals surface area contributed by atoms with Crippen molar-refractivity contribution in [1.29, 1.82) is 0 Å². The number of hydrogen-bond donors (Lipinski definition) is 0. The minimum atomic E-state index is -0.138. The van der Waals surface area contributed by atoms with Crippen LogP contribution in [-0.2, 0) is 31.4 Å². The van der Waals surface area contributed by atoms with Crippen LogP contribution in [0.4, 0.5) is 0 Å². The Morgan fingerprint density at radius 3 is 2.62 bits per heavy atom. The fraction of sp³-hybridized carbons (Fsp3) is 0.333. The van der Waals surface area contributed by atoms with Gasteiger partial charge in [-0.3, -0.25) is 19.1 Å². The van der Waals surface area contributed by atoms with Gasteiger partial charge in [0.15, 0.2) is 0 Å². The third-order valence-electron chi connectivity index (χ3n) is 7.92. The Kier molecular flexibility index (Phi) is 6.08. The summed E-state index contributed by atoms with van der Waals surface area (Å²) >= 11 is 0. The van der Waals surface area contributed by atoms with Gasteiger partial charge in [0.05, 0.1) is 17.2 Å². The predicted octanol–water partition coefficient (Wildman–Crippen LogP) is 3.89. The van der Waals surface area contributed by atoms with Gasteiger partial charge >= 0.3 is 0 Å². The number of amides is 1. The van der Waals surface area contributed by atoms with Gasteiger partial charge in [-0.25, -0.2) is 0 Å². The summed E-state index contributed by atoms with van der Waals surface area (Å²) in [5.74, 6) is 0.804. The monoisotopic (exact) mass is 496 g/mol. The number of fused-ring (bicyclic) bond motifs is 3. The maximum Gasteiger partial charge on any atom is 0.258 e. The number of carbonyl (C=O) groups is 1. The average molecular weight is 497 g/mol. The summed E-state index contributed by atoms with van der Waals surface area (Å²) < 4.78 is 9.70. The van der Waals surface area contributed by atoms with Crippen molar-refractivity contribution in [2.24, 2.45) is 7.05 Å². The van der Waals surface area contributed by atoms with Gasteiger partial charge in [0.2, 0.25) is 5.91 Å². The zero-order chi connectivity index (χ0) is 25.5. The summed E-state index contributed by atoms with van der Waals surface area (Å²) in [5, 5.41) is 1.15. The normalized spacial score (nSPS) is 17.8. The highest BCUT2D eigenvalue weighted by atomic mass is 16.5. The van der Waals surface area contributed by atoms with Gasteiger partial charge in [-0.05, 0) is 50.2 Å². The molecule has 37 heavy (non-hydrogen) atoms. The summed E-state index contributed by atoms with van der Waals surface area (Å²) in [6.45, 7) is 2.80. The lowest BCUT2D eigenvalue weighted by atomic mass is 10.0. The SMILES string of the molecule is CN1CCC[C@H]1C(=O)N1CCc2c(c3ccc(-n4ccc(OCc5ccccc5)cc4=O)cc3n2C)C1. The molecule has 1 atom stereocenters. The topological polar surface area (TPSA) is 59.7 Å². The van der Waals surface area contributed by atoms with E-state index >= 15 is 0 Å². The molecule has 2 aromatic heterocycles. The van der Waals surface area contributed by atoms with Gasteiger partial charge < -0.3 is 14.2 Å². The molecule has 7 heteroatoms. The zero-order valence-electron chi connectivity index (χ0n) is 21.4. The average Bonchev–Trinajstić information content (AvgIpc) is 3.48. The molecule has 2 aliphatic heterocycles. The van der Waals surface area contributed by atoms with E-state index in [2.05, 4.69) is 28.6 Å². The first kappa shape index (κ1) is 23.6. The number of rotatable bonds is 5. The number of likely N-dealkylation sites (tertiary alicyclic amines) is 1. The number of aryl methyl sites for hydroxylation is 1. The van der Waals surface area contributed by atoms with Crippen molar-refractivity contribution in [1.82, 2.24) is 18.9 Å². The first-order valence-electron chi connectivity index (χ1n) is 13.0. The molecule has 0 spiro atoms. The predicted molar refractivity (Wildman–Crippen MR) is 144 cm³/mol. The van der Waals surface area contributed by atoms with Crippen molar-refractivity contribution in [2.75, 3.05) is 20.1 Å². The summed E-state index contributed by atoms with van der Waals surface area (Å²) in [7, 11) is 4.13. The molecule has 1 amide bonds. The minimum Gasteiger partial charge on any atom is -0.489 e. The summed E-state index contributed by atoms with van der Waals surface area (Å²) in [4.78, 5) is 30.4. The molecule has 0 saturated carbocycles. The van der Waals surface area contributed by atoms with E-state index in [1.807, 2.05) is 54.4 Å². The second-order valence-electron chi connectivity index (χ2n) is 10.2. The summed E-state index contributed by atoms with van der Waals surface area (Å²) in [5.41, 5.74) is 5.30. The molecule has 0 unspecified atom stereocenters. The van der Waals surface area contributed by atoms with E-state index in [9.17, 15) is 9.59 Å².